The zero-order chi connectivity index (χ0) is 13.0. The van der Waals surface area contributed by atoms with Gasteiger partial charge >= 0.3 is 0 Å². The Kier molecular flexibility index (Phi) is 5.50. The molecule has 1 saturated carbocycles. The summed E-state index contributed by atoms with van der Waals surface area (Å²) in [6.07, 6.45) is 8.34. The van der Waals surface area contributed by atoms with Gasteiger partial charge < -0.3 is 10.2 Å². The molecule has 106 valence electrons. The first-order valence-electron chi connectivity index (χ1n) is 8.17. The van der Waals surface area contributed by atoms with Crippen molar-refractivity contribution < 1.29 is 0 Å². The average molecular weight is 252 g/mol. The van der Waals surface area contributed by atoms with Crippen molar-refractivity contribution in [3.8, 4) is 0 Å². The summed E-state index contributed by atoms with van der Waals surface area (Å²) in [7, 11) is 0. The predicted octanol–water partition coefficient (Wildman–Crippen LogP) is 3.28. The van der Waals surface area contributed by atoms with Crippen LogP contribution in [0.25, 0.3) is 0 Å². The van der Waals surface area contributed by atoms with Gasteiger partial charge in [-0.15, -0.1) is 0 Å². The molecule has 0 radical (unpaired) electrons. The summed E-state index contributed by atoms with van der Waals surface area (Å²) in [4.78, 5) is 2.64. The van der Waals surface area contributed by atoms with Crippen LogP contribution in [0.5, 0.6) is 0 Å². The molecule has 1 aliphatic carbocycles. The van der Waals surface area contributed by atoms with Gasteiger partial charge in [0.1, 0.15) is 0 Å². The van der Waals surface area contributed by atoms with Gasteiger partial charge in [-0.25, -0.2) is 0 Å². The molecule has 2 nitrogen and oxygen atoms in total. The van der Waals surface area contributed by atoms with Gasteiger partial charge in [0.15, 0.2) is 0 Å². The second-order valence-corrected chi connectivity index (χ2v) is 6.75. The van der Waals surface area contributed by atoms with Crippen LogP contribution in [0, 0.1) is 11.8 Å². The van der Waals surface area contributed by atoms with E-state index in [0.717, 1.165) is 23.9 Å². The molecule has 2 heteroatoms. The predicted molar refractivity (Wildman–Crippen MR) is 78.9 cm³/mol. The molecule has 0 aromatic rings. The Labute approximate surface area is 114 Å². The number of rotatable bonds is 5. The van der Waals surface area contributed by atoms with Crippen molar-refractivity contribution in [3.05, 3.63) is 0 Å². The Morgan fingerprint density at radius 2 is 1.89 bits per heavy atom. The van der Waals surface area contributed by atoms with Gasteiger partial charge in [-0.05, 0) is 76.9 Å². The third kappa shape index (κ3) is 3.96. The molecule has 2 rings (SSSR count). The van der Waals surface area contributed by atoms with Gasteiger partial charge in [-0.1, -0.05) is 13.8 Å². The third-order valence-electron chi connectivity index (χ3n) is 5.07. The molecule has 1 N–H and O–H groups in total. The smallest absolute Gasteiger partial charge is 0.00722 e. The van der Waals surface area contributed by atoms with Gasteiger partial charge in [0.05, 0.1) is 0 Å². The monoisotopic (exact) mass is 252 g/mol. The van der Waals surface area contributed by atoms with Gasteiger partial charge in [-0.2, -0.15) is 0 Å². The molecule has 0 spiro atoms. The molecule has 2 aliphatic rings. The Hall–Kier alpha value is -0.0800. The number of likely N-dealkylation sites (tertiary alicyclic amines) is 1. The zero-order valence-corrected chi connectivity index (χ0v) is 12.6. The summed E-state index contributed by atoms with van der Waals surface area (Å²) in [6.45, 7) is 11.1. The second-order valence-electron chi connectivity index (χ2n) is 6.75. The number of hydrogen-bond acceptors (Lipinski definition) is 2. The quantitative estimate of drug-likeness (QED) is 0.808. The molecule has 18 heavy (non-hydrogen) atoms. The molecular formula is C16H32N2. The van der Waals surface area contributed by atoms with E-state index in [0.29, 0.717) is 0 Å². The van der Waals surface area contributed by atoms with Crippen LogP contribution < -0.4 is 5.32 Å². The number of nitrogens with one attached hydrogen (secondary N) is 1. The van der Waals surface area contributed by atoms with Gasteiger partial charge in [0, 0.05) is 12.1 Å². The summed E-state index contributed by atoms with van der Waals surface area (Å²) < 4.78 is 0. The Bertz CT molecular complexity index is 233. The molecule has 0 bridgehead atoms. The molecule has 0 aromatic heterocycles. The van der Waals surface area contributed by atoms with Crippen LogP contribution in [-0.2, 0) is 0 Å². The van der Waals surface area contributed by atoms with Crippen molar-refractivity contribution in [2.45, 2.75) is 71.4 Å². The van der Waals surface area contributed by atoms with Crippen molar-refractivity contribution in [1.82, 2.24) is 10.2 Å². The van der Waals surface area contributed by atoms with E-state index in [1.807, 2.05) is 0 Å². The van der Waals surface area contributed by atoms with E-state index < -0.39 is 0 Å². The van der Waals surface area contributed by atoms with E-state index >= 15 is 0 Å². The average Bonchev–Trinajstić information content (AvgIpc) is 2.76. The third-order valence-corrected chi connectivity index (χ3v) is 5.07. The molecule has 1 saturated heterocycles. The normalized spacial score (nSPS) is 32.8. The topological polar surface area (TPSA) is 15.3 Å². The van der Waals surface area contributed by atoms with E-state index in [4.69, 9.17) is 0 Å². The minimum Gasteiger partial charge on any atom is -0.311 e. The van der Waals surface area contributed by atoms with E-state index in [1.54, 1.807) is 0 Å². The minimum atomic E-state index is 0.726. The first-order chi connectivity index (χ1) is 8.69. The lowest BCUT2D eigenvalue weighted by atomic mass is 9.89. The fourth-order valence-corrected chi connectivity index (χ4v) is 3.86. The molecule has 1 heterocycles. The zero-order valence-electron chi connectivity index (χ0n) is 12.6. The van der Waals surface area contributed by atoms with Crippen molar-refractivity contribution >= 4 is 0 Å². The van der Waals surface area contributed by atoms with Crippen LogP contribution in [0.2, 0.25) is 0 Å². The fraction of sp³-hybridized carbons (Fsp3) is 1.00. The fourth-order valence-electron chi connectivity index (χ4n) is 3.86. The van der Waals surface area contributed by atoms with Crippen LogP contribution in [0.15, 0.2) is 0 Å². The van der Waals surface area contributed by atoms with Gasteiger partial charge in [0.2, 0.25) is 0 Å². The Morgan fingerprint density at radius 3 is 2.44 bits per heavy atom. The van der Waals surface area contributed by atoms with E-state index in [-0.39, 0.29) is 0 Å². The highest BCUT2D eigenvalue weighted by molar-refractivity contribution is 4.85. The van der Waals surface area contributed by atoms with Crippen LogP contribution in [0.4, 0.5) is 0 Å². The lowest BCUT2D eigenvalue weighted by Gasteiger charge is -2.36. The maximum Gasteiger partial charge on any atom is 0.00722 e. The Morgan fingerprint density at radius 1 is 1.17 bits per heavy atom. The van der Waals surface area contributed by atoms with E-state index in [2.05, 4.69) is 31.0 Å². The molecule has 0 amide bonds. The largest absolute Gasteiger partial charge is 0.311 e. The lowest BCUT2D eigenvalue weighted by molar-refractivity contribution is 0.158. The maximum atomic E-state index is 3.91. The molecule has 3 atom stereocenters. The van der Waals surface area contributed by atoms with Crippen molar-refractivity contribution in [1.29, 1.82) is 0 Å². The van der Waals surface area contributed by atoms with Crippen molar-refractivity contribution in [2.75, 3.05) is 19.6 Å². The van der Waals surface area contributed by atoms with Crippen molar-refractivity contribution in [3.63, 3.8) is 0 Å². The second kappa shape index (κ2) is 6.91. The van der Waals surface area contributed by atoms with E-state index in [1.165, 1.54) is 58.2 Å². The SMILES string of the molecule is CCCN1CCC(C(C)NC2CCC(C)C2)CC1. The highest BCUT2D eigenvalue weighted by atomic mass is 15.1. The lowest BCUT2D eigenvalue weighted by Crippen LogP contribution is -2.45. The van der Waals surface area contributed by atoms with Crippen LogP contribution >= 0.6 is 0 Å². The highest BCUT2D eigenvalue weighted by Crippen LogP contribution is 2.27. The number of piperidine rings is 1. The summed E-state index contributed by atoms with van der Waals surface area (Å²) >= 11 is 0. The summed E-state index contributed by atoms with van der Waals surface area (Å²) in [6, 6.07) is 1.53. The number of nitrogens with zero attached hydrogens (tertiary/aromatic N) is 1. The van der Waals surface area contributed by atoms with E-state index in [9.17, 15) is 0 Å². The minimum absolute atomic E-state index is 0.726. The first-order valence-corrected chi connectivity index (χ1v) is 8.17. The molecule has 2 fully saturated rings. The summed E-state index contributed by atoms with van der Waals surface area (Å²) in [5.41, 5.74) is 0. The molecular weight excluding hydrogens is 220 g/mol. The summed E-state index contributed by atoms with van der Waals surface area (Å²) in [5.74, 6) is 1.86. The standard InChI is InChI=1S/C16H32N2/c1-4-9-18-10-7-15(8-11-18)14(3)17-16-6-5-13(2)12-16/h13-17H,4-12H2,1-3H3. The maximum absolute atomic E-state index is 3.91. The number of hydrogen-bond donors (Lipinski definition) is 1. The van der Waals surface area contributed by atoms with Gasteiger partial charge in [0.25, 0.3) is 0 Å². The first kappa shape index (κ1) is 14.3. The van der Waals surface area contributed by atoms with Crippen molar-refractivity contribution in [2.24, 2.45) is 11.8 Å². The Balaban J connectivity index is 1.69. The molecule has 1 aliphatic heterocycles. The van der Waals surface area contributed by atoms with Crippen LogP contribution in [0.1, 0.15) is 59.3 Å². The molecule has 3 unspecified atom stereocenters. The van der Waals surface area contributed by atoms with Crippen LogP contribution in [0.3, 0.4) is 0 Å². The summed E-state index contributed by atoms with van der Waals surface area (Å²) in [5, 5.41) is 3.91. The van der Waals surface area contributed by atoms with Crippen LogP contribution in [-0.4, -0.2) is 36.6 Å². The van der Waals surface area contributed by atoms with Gasteiger partial charge in [-0.3, -0.25) is 0 Å². The molecule has 0 aromatic carbocycles. The highest BCUT2D eigenvalue weighted by Gasteiger charge is 2.27.